The van der Waals surface area contributed by atoms with Crippen molar-refractivity contribution in [1.29, 1.82) is 0 Å². The highest BCUT2D eigenvalue weighted by Crippen LogP contribution is 2.32. The Morgan fingerprint density at radius 3 is 2.35 bits per heavy atom. The minimum atomic E-state index is -0.282. The second-order valence-electron chi connectivity index (χ2n) is 3.81. The SMILES string of the molecule is CC(CNCc1cc(Br)c(Br)c(Br)c1)C(N)=O. The molecule has 1 rings (SSSR count). The highest BCUT2D eigenvalue weighted by atomic mass is 79.9. The van der Waals surface area contributed by atoms with E-state index in [2.05, 4.69) is 53.1 Å². The molecule has 1 atom stereocenters. The molecule has 0 bridgehead atoms. The van der Waals surface area contributed by atoms with Crippen LogP contribution in [0.25, 0.3) is 0 Å². The van der Waals surface area contributed by atoms with Crippen molar-refractivity contribution in [1.82, 2.24) is 5.32 Å². The quantitative estimate of drug-likeness (QED) is 0.708. The van der Waals surface area contributed by atoms with Crippen molar-refractivity contribution in [3.05, 3.63) is 31.1 Å². The lowest BCUT2D eigenvalue weighted by Gasteiger charge is -2.10. The highest BCUT2D eigenvalue weighted by molar-refractivity contribution is 9.14. The predicted octanol–water partition coefficient (Wildman–Crippen LogP) is 3.19. The molecule has 3 nitrogen and oxygen atoms in total. The molecule has 0 heterocycles. The monoisotopic (exact) mass is 426 g/mol. The van der Waals surface area contributed by atoms with Crippen LogP contribution in [0.2, 0.25) is 0 Å². The van der Waals surface area contributed by atoms with Crippen LogP contribution in [0.1, 0.15) is 12.5 Å². The molecule has 0 saturated heterocycles. The Hall–Kier alpha value is 0.0900. The van der Waals surface area contributed by atoms with Crippen molar-refractivity contribution in [2.24, 2.45) is 11.7 Å². The molecule has 0 radical (unpaired) electrons. The fourth-order valence-corrected chi connectivity index (χ4v) is 2.75. The summed E-state index contributed by atoms with van der Waals surface area (Å²) in [5, 5.41) is 3.20. The first-order valence-corrected chi connectivity index (χ1v) is 7.43. The molecular weight excluding hydrogens is 416 g/mol. The summed E-state index contributed by atoms with van der Waals surface area (Å²) in [5.74, 6) is -0.437. The van der Waals surface area contributed by atoms with Gasteiger partial charge in [-0.3, -0.25) is 4.79 Å². The van der Waals surface area contributed by atoms with E-state index in [0.29, 0.717) is 13.1 Å². The molecule has 94 valence electrons. The van der Waals surface area contributed by atoms with E-state index in [0.717, 1.165) is 19.0 Å². The summed E-state index contributed by atoms with van der Waals surface area (Å²) in [6.45, 7) is 3.09. The molecule has 0 aliphatic heterocycles. The van der Waals surface area contributed by atoms with E-state index in [1.165, 1.54) is 0 Å². The lowest BCUT2D eigenvalue weighted by molar-refractivity contribution is -0.121. The number of nitrogens with two attached hydrogens (primary N) is 1. The van der Waals surface area contributed by atoms with Gasteiger partial charge >= 0.3 is 0 Å². The normalized spacial score (nSPS) is 12.5. The van der Waals surface area contributed by atoms with Crippen molar-refractivity contribution in [2.75, 3.05) is 6.54 Å². The van der Waals surface area contributed by atoms with Crippen LogP contribution in [0.5, 0.6) is 0 Å². The highest BCUT2D eigenvalue weighted by Gasteiger charge is 2.08. The number of hydrogen-bond donors (Lipinski definition) is 2. The number of halogens is 3. The van der Waals surface area contributed by atoms with Crippen LogP contribution in [-0.2, 0) is 11.3 Å². The molecule has 0 aliphatic rings. The Balaban J connectivity index is 2.56. The summed E-state index contributed by atoms with van der Waals surface area (Å²) in [6.07, 6.45) is 0. The van der Waals surface area contributed by atoms with Crippen LogP contribution < -0.4 is 11.1 Å². The van der Waals surface area contributed by atoms with Gasteiger partial charge in [-0.15, -0.1) is 0 Å². The lowest BCUT2D eigenvalue weighted by Crippen LogP contribution is -2.30. The van der Waals surface area contributed by atoms with Crippen molar-refractivity contribution < 1.29 is 4.79 Å². The Labute approximate surface area is 126 Å². The minimum absolute atomic E-state index is 0.155. The van der Waals surface area contributed by atoms with Gasteiger partial charge in [0.05, 0.1) is 0 Å². The van der Waals surface area contributed by atoms with Gasteiger partial charge in [-0.05, 0) is 65.5 Å². The van der Waals surface area contributed by atoms with Crippen molar-refractivity contribution in [3.63, 3.8) is 0 Å². The van der Waals surface area contributed by atoms with Crippen LogP contribution in [-0.4, -0.2) is 12.5 Å². The molecule has 0 aromatic heterocycles. The Bertz CT molecular complexity index is 400. The second kappa shape index (κ2) is 6.87. The summed E-state index contributed by atoms with van der Waals surface area (Å²) < 4.78 is 2.98. The van der Waals surface area contributed by atoms with E-state index in [4.69, 9.17) is 5.73 Å². The zero-order chi connectivity index (χ0) is 13.0. The van der Waals surface area contributed by atoms with Gasteiger partial charge in [-0.1, -0.05) is 6.92 Å². The first kappa shape index (κ1) is 15.1. The van der Waals surface area contributed by atoms with Crippen LogP contribution in [0.4, 0.5) is 0 Å². The molecule has 0 saturated carbocycles. The molecule has 0 fully saturated rings. The van der Waals surface area contributed by atoms with Gasteiger partial charge in [0, 0.05) is 32.4 Å². The van der Waals surface area contributed by atoms with E-state index in [9.17, 15) is 4.79 Å². The van der Waals surface area contributed by atoms with Gasteiger partial charge in [0.2, 0.25) is 5.91 Å². The number of carbonyl (C=O) groups excluding carboxylic acids is 1. The molecule has 1 aromatic rings. The van der Waals surface area contributed by atoms with Crippen molar-refractivity contribution >= 4 is 53.7 Å². The molecular formula is C11H13Br3N2O. The molecule has 1 unspecified atom stereocenters. The van der Waals surface area contributed by atoms with E-state index in [1.54, 1.807) is 0 Å². The number of primary amides is 1. The van der Waals surface area contributed by atoms with Gasteiger partial charge in [-0.2, -0.15) is 0 Å². The number of amides is 1. The van der Waals surface area contributed by atoms with Crippen molar-refractivity contribution in [2.45, 2.75) is 13.5 Å². The zero-order valence-corrected chi connectivity index (χ0v) is 14.0. The van der Waals surface area contributed by atoms with E-state index < -0.39 is 0 Å². The van der Waals surface area contributed by atoms with E-state index >= 15 is 0 Å². The Morgan fingerprint density at radius 1 is 1.35 bits per heavy atom. The summed E-state index contributed by atoms with van der Waals surface area (Å²) in [6, 6.07) is 4.05. The maximum atomic E-state index is 10.9. The smallest absolute Gasteiger partial charge is 0.221 e. The van der Waals surface area contributed by atoms with Gasteiger partial charge in [0.15, 0.2) is 0 Å². The Morgan fingerprint density at radius 2 is 1.88 bits per heavy atom. The van der Waals surface area contributed by atoms with Crippen LogP contribution in [0.15, 0.2) is 25.6 Å². The number of hydrogen-bond acceptors (Lipinski definition) is 2. The standard InChI is InChI=1S/C11H13Br3N2O/c1-6(11(15)17)4-16-5-7-2-8(12)10(14)9(13)3-7/h2-3,6,16H,4-5H2,1H3,(H2,15,17). The van der Waals surface area contributed by atoms with Gasteiger partial charge in [0.1, 0.15) is 0 Å². The third-order valence-corrected chi connectivity index (χ3v) is 5.48. The van der Waals surface area contributed by atoms with Crippen molar-refractivity contribution in [3.8, 4) is 0 Å². The van der Waals surface area contributed by atoms with Crippen LogP contribution in [0, 0.1) is 5.92 Å². The fourth-order valence-electron chi connectivity index (χ4n) is 1.24. The summed E-state index contributed by atoms with van der Waals surface area (Å²) in [4.78, 5) is 10.9. The van der Waals surface area contributed by atoms with Gasteiger partial charge in [0.25, 0.3) is 0 Å². The Kier molecular flexibility index (Phi) is 6.12. The number of carbonyl (C=O) groups is 1. The van der Waals surface area contributed by atoms with Gasteiger partial charge in [-0.25, -0.2) is 0 Å². The average molecular weight is 429 g/mol. The molecule has 1 amide bonds. The molecule has 0 aliphatic carbocycles. The largest absolute Gasteiger partial charge is 0.369 e. The minimum Gasteiger partial charge on any atom is -0.369 e. The predicted molar refractivity (Wildman–Crippen MR) is 79.6 cm³/mol. The van der Waals surface area contributed by atoms with E-state index in [-0.39, 0.29) is 11.8 Å². The number of rotatable bonds is 5. The molecule has 6 heteroatoms. The summed E-state index contributed by atoms with van der Waals surface area (Å²) in [5.41, 5.74) is 6.31. The number of benzene rings is 1. The first-order valence-electron chi connectivity index (χ1n) is 5.05. The van der Waals surface area contributed by atoms with E-state index in [1.807, 2.05) is 19.1 Å². The number of nitrogens with one attached hydrogen (secondary N) is 1. The molecule has 0 spiro atoms. The summed E-state index contributed by atoms with van der Waals surface area (Å²) in [7, 11) is 0. The topological polar surface area (TPSA) is 55.1 Å². The fraction of sp³-hybridized carbons (Fsp3) is 0.364. The maximum absolute atomic E-state index is 10.9. The lowest BCUT2D eigenvalue weighted by atomic mass is 10.1. The second-order valence-corrected chi connectivity index (χ2v) is 6.31. The average Bonchev–Trinajstić information content (AvgIpc) is 2.25. The first-order chi connectivity index (χ1) is 7.91. The third-order valence-electron chi connectivity index (χ3n) is 2.31. The molecule has 1 aromatic carbocycles. The van der Waals surface area contributed by atoms with Crippen LogP contribution in [0.3, 0.4) is 0 Å². The zero-order valence-electron chi connectivity index (χ0n) is 9.27. The summed E-state index contributed by atoms with van der Waals surface area (Å²) >= 11 is 10.4. The molecule has 17 heavy (non-hydrogen) atoms. The van der Waals surface area contributed by atoms with Gasteiger partial charge < -0.3 is 11.1 Å². The molecule has 3 N–H and O–H groups in total. The third kappa shape index (κ3) is 4.69. The maximum Gasteiger partial charge on any atom is 0.221 e. The van der Waals surface area contributed by atoms with Crippen LogP contribution >= 0.6 is 47.8 Å².